The van der Waals surface area contributed by atoms with Crippen LogP contribution in [0.15, 0.2) is 60.7 Å². The number of alkyl halides is 1. The summed E-state index contributed by atoms with van der Waals surface area (Å²) in [6.07, 6.45) is -0.0955. The number of ether oxygens (including phenoxy) is 2. The van der Waals surface area contributed by atoms with Crippen molar-refractivity contribution in [2.24, 2.45) is 0 Å². The van der Waals surface area contributed by atoms with Gasteiger partial charge < -0.3 is 19.3 Å². The smallest absolute Gasteiger partial charge is 0.252 e. The summed E-state index contributed by atoms with van der Waals surface area (Å²) in [4.78, 5) is 16.5. The maximum absolute atomic E-state index is 14.1. The van der Waals surface area contributed by atoms with Gasteiger partial charge in [0.2, 0.25) is 7.44 Å². The highest BCUT2D eigenvalue weighted by molar-refractivity contribution is 7.58. The lowest BCUT2D eigenvalue weighted by Crippen LogP contribution is -2.53. The molecule has 0 N–H and O–H groups in total. The molecule has 2 radical (unpaired) electrons. The zero-order chi connectivity index (χ0) is 27.3. The van der Waals surface area contributed by atoms with E-state index in [4.69, 9.17) is 28.9 Å². The van der Waals surface area contributed by atoms with Crippen molar-refractivity contribution in [3.63, 3.8) is 0 Å². The molecule has 0 bridgehead atoms. The monoisotopic (exact) mass is 558 g/mol. The summed E-state index contributed by atoms with van der Waals surface area (Å²) in [7, 11) is 8.54. The number of likely N-dealkylation sites (N-methyl/N-ethyl adjacent to an activating group) is 1. The molecule has 3 atom stereocenters. The summed E-state index contributed by atoms with van der Waals surface area (Å²) in [5, 5.41) is 0. The zero-order valence-corrected chi connectivity index (χ0v) is 24.1. The number of halogens is 1. The van der Waals surface area contributed by atoms with Crippen LogP contribution in [0.5, 0.6) is 0 Å². The van der Waals surface area contributed by atoms with Gasteiger partial charge in [0.15, 0.2) is 4.87 Å². The van der Waals surface area contributed by atoms with Crippen LogP contribution < -0.4 is 0 Å². The van der Waals surface area contributed by atoms with Crippen molar-refractivity contribution in [3.05, 3.63) is 71.8 Å². The second kappa shape index (κ2) is 12.6. The Hall–Kier alpha value is -1.71. The minimum absolute atomic E-state index is 0.0697. The van der Waals surface area contributed by atoms with Crippen molar-refractivity contribution in [2.75, 3.05) is 73.4 Å². The highest BCUT2D eigenvalue weighted by Gasteiger charge is 2.45. The number of rotatable bonds is 9. The Labute approximate surface area is 232 Å². The third-order valence-corrected chi connectivity index (χ3v) is 10.8. The van der Waals surface area contributed by atoms with E-state index in [0.717, 1.165) is 11.1 Å². The fourth-order valence-electron chi connectivity index (χ4n) is 5.09. The molecular weight excluding hydrogens is 522 g/mol. The molecule has 0 spiro atoms. The summed E-state index contributed by atoms with van der Waals surface area (Å²) in [6.45, 7) is 3.44. The van der Waals surface area contributed by atoms with Gasteiger partial charge in [0.1, 0.15) is 14.2 Å². The first-order valence-corrected chi connectivity index (χ1v) is 15.1. The number of carbonyl (C=O) groups is 1. The zero-order valence-electron chi connectivity index (χ0n) is 22.4. The molecule has 2 aromatic carbocycles. The van der Waals surface area contributed by atoms with Crippen LogP contribution in [0.1, 0.15) is 11.1 Å². The van der Waals surface area contributed by atoms with E-state index in [1.807, 2.05) is 72.4 Å². The standard InChI is InChI=1S/C27H37BClN4O4P/c1-30(2)38(35,21-36-20-24-18-31(3)19-25(28)37-24)33-16-14-32(15-17-33)26(34)27(29,22-10-6-4-7-11-22)23-12-8-5-9-13-23/h4-13,24-25H,14-21H2,1-3H3. The first-order valence-electron chi connectivity index (χ1n) is 12.9. The fourth-order valence-corrected chi connectivity index (χ4v) is 7.51. The van der Waals surface area contributed by atoms with Crippen LogP contribution in [0.3, 0.4) is 0 Å². The fraction of sp³-hybridized carbons (Fsp3) is 0.519. The highest BCUT2D eigenvalue weighted by Crippen LogP contribution is 2.52. The minimum atomic E-state index is -3.01. The molecule has 2 heterocycles. The molecule has 204 valence electrons. The molecular formula is C27H37BClN4O4P. The van der Waals surface area contributed by atoms with Crippen LogP contribution in [-0.2, 0) is 23.7 Å². The highest BCUT2D eigenvalue weighted by atomic mass is 35.5. The number of piperazine rings is 1. The van der Waals surface area contributed by atoms with Crippen molar-refractivity contribution < 1.29 is 18.8 Å². The van der Waals surface area contributed by atoms with Crippen molar-refractivity contribution in [1.82, 2.24) is 19.1 Å². The van der Waals surface area contributed by atoms with E-state index in [-0.39, 0.29) is 24.4 Å². The Bertz CT molecular complexity index is 1060. The Kier molecular flexibility index (Phi) is 9.74. The number of carbonyl (C=O) groups excluding carboxylic acids is 1. The minimum Gasteiger partial charge on any atom is -0.380 e. The van der Waals surface area contributed by atoms with E-state index < -0.39 is 12.3 Å². The van der Waals surface area contributed by atoms with Gasteiger partial charge >= 0.3 is 0 Å². The second-order valence-corrected chi connectivity index (χ2v) is 13.7. The molecule has 0 aliphatic carbocycles. The molecule has 38 heavy (non-hydrogen) atoms. The molecule has 2 aromatic rings. The Morgan fingerprint density at radius 1 is 1.05 bits per heavy atom. The summed E-state index contributed by atoms with van der Waals surface area (Å²) < 4.78 is 29.5. The maximum Gasteiger partial charge on any atom is 0.252 e. The van der Waals surface area contributed by atoms with E-state index in [2.05, 4.69) is 4.90 Å². The van der Waals surface area contributed by atoms with E-state index in [1.165, 1.54) is 0 Å². The molecule has 0 saturated carbocycles. The Morgan fingerprint density at radius 3 is 2.11 bits per heavy atom. The average Bonchev–Trinajstić information content (AvgIpc) is 2.92. The second-order valence-electron chi connectivity index (χ2n) is 10.2. The lowest BCUT2D eigenvalue weighted by Gasteiger charge is -2.43. The molecule has 2 saturated heterocycles. The molecule has 2 fully saturated rings. The number of hydrogen-bond acceptors (Lipinski definition) is 5. The van der Waals surface area contributed by atoms with Gasteiger partial charge in [-0.15, -0.1) is 0 Å². The Balaban J connectivity index is 1.42. The molecule has 2 aliphatic heterocycles. The molecule has 4 rings (SSSR count). The van der Waals surface area contributed by atoms with E-state index in [1.54, 1.807) is 23.7 Å². The van der Waals surface area contributed by atoms with E-state index in [9.17, 15) is 9.36 Å². The molecule has 11 heteroatoms. The van der Waals surface area contributed by atoms with Crippen LogP contribution >= 0.6 is 19.0 Å². The summed E-state index contributed by atoms with van der Waals surface area (Å²) >= 11 is 7.20. The van der Waals surface area contributed by atoms with Crippen LogP contribution in [-0.4, -0.2) is 118 Å². The van der Waals surface area contributed by atoms with Gasteiger partial charge in [0.25, 0.3) is 5.91 Å². The first kappa shape index (κ1) is 29.3. The lowest BCUT2D eigenvalue weighted by molar-refractivity contribution is -0.134. The molecule has 8 nitrogen and oxygen atoms in total. The van der Waals surface area contributed by atoms with Gasteiger partial charge in [-0.25, -0.2) is 9.34 Å². The predicted molar refractivity (Wildman–Crippen MR) is 152 cm³/mol. The van der Waals surface area contributed by atoms with Crippen LogP contribution in [0.2, 0.25) is 0 Å². The normalized spacial score (nSPS) is 23.3. The third kappa shape index (κ3) is 6.36. The number of morpholine rings is 1. The van der Waals surface area contributed by atoms with Gasteiger partial charge in [0.05, 0.1) is 12.7 Å². The number of nitrogens with zero attached hydrogens (tertiary/aromatic N) is 4. The van der Waals surface area contributed by atoms with Gasteiger partial charge in [-0.05, 0) is 32.3 Å². The third-order valence-electron chi connectivity index (χ3n) is 7.19. The quantitative estimate of drug-likeness (QED) is 0.266. The van der Waals surface area contributed by atoms with Gasteiger partial charge in [0, 0.05) is 45.3 Å². The summed E-state index contributed by atoms with van der Waals surface area (Å²) in [6, 6.07) is 18.5. The topological polar surface area (TPSA) is 65.6 Å². The van der Waals surface area contributed by atoms with Crippen molar-refractivity contribution in [2.45, 2.75) is 17.0 Å². The molecule has 1 amide bonds. The van der Waals surface area contributed by atoms with Crippen LogP contribution in [0.4, 0.5) is 0 Å². The van der Waals surface area contributed by atoms with Crippen molar-refractivity contribution in [1.29, 1.82) is 0 Å². The SMILES string of the molecule is [B]C1CN(C)CC(COCP(=O)(N(C)C)N2CCN(C(=O)C(Cl)(c3ccccc3)c3ccccc3)CC2)O1. The number of amides is 1. The van der Waals surface area contributed by atoms with Crippen molar-refractivity contribution in [3.8, 4) is 0 Å². The van der Waals surface area contributed by atoms with Crippen LogP contribution in [0.25, 0.3) is 0 Å². The predicted octanol–water partition coefficient (Wildman–Crippen LogP) is 2.87. The summed E-state index contributed by atoms with van der Waals surface area (Å²) in [5.74, 6) is -0.179. The van der Waals surface area contributed by atoms with Gasteiger partial charge in [-0.3, -0.25) is 9.36 Å². The number of hydrogen-bond donors (Lipinski definition) is 0. The largest absolute Gasteiger partial charge is 0.380 e. The number of benzene rings is 2. The van der Waals surface area contributed by atoms with Gasteiger partial charge in [-0.2, -0.15) is 0 Å². The van der Waals surface area contributed by atoms with E-state index >= 15 is 0 Å². The average molecular weight is 559 g/mol. The van der Waals surface area contributed by atoms with Crippen molar-refractivity contribution >= 4 is 32.8 Å². The van der Waals surface area contributed by atoms with E-state index in [0.29, 0.717) is 45.9 Å². The molecule has 3 unspecified atom stereocenters. The van der Waals surface area contributed by atoms with Crippen LogP contribution in [0, 0.1) is 0 Å². The molecule has 0 aromatic heterocycles. The Morgan fingerprint density at radius 2 is 1.61 bits per heavy atom. The molecule has 2 aliphatic rings. The maximum atomic E-state index is 14.1. The van der Waals surface area contributed by atoms with Gasteiger partial charge in [-0.1, -0.05) is 72.3 Å². The lowest BCUT2D eigenvalue weighted by atomic mass is 9.88. The summed E-state index contributed by atoms with van der Waals surface area (Å²) in [5.41, 5.74) is 1.45. The first-order chi connectivity index (χ1) is 18.1.